The Morgan fingerprint density at radius 1 is 1.05 bits per heavy atom. The molecule has 5 nitrogen and oxygen atoms in total. The van der Waals surface area contributed by atoms with E-state index in [-0.39, 0.29) is 0 Å². The molecule has 4 heterocycles. The zero-order valence-electron chi connectivity index (χ0n) is 11.8. The maximum Gasteiger partial charge on any atom is 0.233 e. The molecule has 106 valence electrons. The third kappa shape index (κ3) is 2.40. The van der Waals surface area contributed by atoms with Gasteiger partial charge in [-0.05, 0) is 36.7 Å². The minimum Gasteiger partial charge on any atom is -0.298 e. The number of pyridine rings is 1. The first-order valence-electron chi connectivity index (χ1n) is 7.29. The molecule has 0 spiro atoms. The van der Waals surface area contributed by atoms with E-state index in [0.29, 0.717) is 5.92 Å². The molecule has 5 heteroatoms. The molecule has 1 saturated heterocycles. The zero-order valence-corrected chi connectivity index (χ0v) is 11.8. The van der Waals surface area contributed by atoms with Gasteiger partial charge in [0.25, 0.3) is 0 Å². The largest absolute Gasteiger partial charge is 0.298 e. The van der Waals surface area contributed by atoms with Crippen LogP contribution in [0.15, 0.2) is 49.2 Å². The zero-order chi connectivity index (χ0) is 14.1. The summed E-state index contributed by atoms with van der Waals surface area (Å²) >= 11 is 0. The van der Waals surface area contributed by atoms with E-state index < -0.39 is 0 Å². The number of nitrogens with zero attached hydrogens (tertiary/aromatic N) is 5. The lowest BCUT2D eigenvalue weighted by molar-refractivity contribution is 0.326. The Morgan fingerprint density at radius 2 is 1.90 bits per heavy atom. The average molecular weight is 279 g/mol. The van der Waals surface area contributed by atoms with Gasteiger partial charge < -0.3 is 0 Å². The van der Waals surface area contributed by atoms with Crippen LogP contribution in [-0.4, -0.2) is 37.3 Å². The average Bonchev–Trinajstić information content (AvgIpc) is 3.16. The summed E-state index contributed by atoms with van der Waals surface area (Å²) in [6.45, 7) is 3.21. The second-order valence-corrected chi connectivity index (χ2v) is 5.54. The van der Waals surface area contributed by atoms with Gasteiger partial charge in [-0.2, -0.15) is 0 Å². The summed E-state index contributed by atoms with van der Waals surface area (Å²) in [5.74, 6) is 1.34. The van der Waals surface area contributed by atoms with Gasteiger partial charge in [0, 0.05) is 55.7 Å². The van der Waals surface area contributed by atoms with Crippen molar-refractivity contribution in [3.8, 4) is 0 Å². The van der Waals surface area contributed by atoms with Crippen LogP contribution in [0.1, 0.15) is 23.6 Å². The minimum absolute atomic E-state index is 0.548. The van der Waals surface area contributed by atoms with Gasteiger partial charge in [-0.3, -0.25) is 14.3 Å². The smallest absolute Gasteiger partial charge is 0.233 e. The van der Waals surface area contributed by atoms with E-state index in [9.17, 15) is 0 Å². The molecular weight excluding hydrogens is 262 g/mol. The van der Waals surface area contributed by atoms with Crippen LogP contribution >= 0.6 is 0 Å². The molecule has 0 N–H and O–H groups in total. The number of rotatable bonds is 3. The van der Waals surface area contributed by atoms with Gasteiger partial charge in [-0.15, -0.1) is 0 Å². The SMILES string of the molecule is c1cc(CN2CC[C@H](c3ccnc4nccn34)C2)ccn1. The quantitative estimate of drug-likeness (QED) is 0.736. The Bertz CT molecular complexity index is 737. The van der Waals surface area contributed by atoms with Crippen LogP contribution < -0.4 is 0 Å². The van der Waals surface area contributed by atoms with Crippen molar-refractivity contribution in [2.45, 2.75) is 18.9 Å². The molecule has 0 saturated carbocycles. The number of likely N-dealkylation sites (tertiary alicyclic amines) is 1. The second kappa shape index (κ2) is 5.26. The lowest BCUT2D eigenvalue weighted by atomic mass is 10.0. The second-order valence-electron chi connectivity index (χ2n) is 5.54. The molecule has 1 aliphatic heterocycles. The highest BCUT2D eigenvalue weighted by atomic mass is 15.2. The Labute approximate surface area is 123 Å². The fourth-order valence-electron chi connectivity index (χ4n) is 3.15. The van der Waals surface area contributed by atoms with Crippen molar-refractivity contribution in [3.63, 3.8) is 0 Å². The number of aromatic nitrogens is 4. The summed E-state index contributed by atoms with van der Waals surface area (Å²) in [5.41, 5.74) is 2.64. The molecule has 1 fully saturated rings. The molecule has 3 aromatic rings. The van der Waals surface area contributed by atoms with Crippen molar-refractivity contribution in [2.24, 2.45) is 0 Å². The van der Waals surface area contributed by atoms with Gasteiger partial charge in [0.05, 0.1) is 0 Å². The van der Waals surface area contributed by atoms with Crippen molar-refractivity contribution < 1.29 is 0 Å². The molecule has 3 aromatic heterocycles. The normalized spacial score (nSPS) is 19.3. The number of fused-ring (bicyclic) bond motifs is 1. The number of hydrogen-bond donors (Lipinski definition) is 0. The topological polar surface area (TPSA) is 46.3 Å². The molecule has 0 amide bonds. The third-order valence-corrected chi connectivity index (χ3v) is 4.18. The molecule has 0 aliphatic carbocycles. The molecule has 1 aliphatic rings. The summed E-state index contributed by atoms with van der Waals surface area (Å²) in [6.07, 6.45) is 10.6. The van der Waals surface area contributed by atoms with E-state index in [1.165, 1.54) is 17.7 Å². The van der Waals surface area contributed by atoms with Crippen LogP contribution in [0.25, 0.3) is 5.78 Å². The minimum atomic E-state index is 0.548. The van der Waals surface area contributed by atoms with Crippen LogP contribution in [0.5, 0.6) is 0 Å². The molecule has 1 atom stereocenters. The third-order valence-electron chi connectivity index (χ3n) is 4.18. The first kappa shape index (κ1) is 12.5. The van der Waals surface area contributed by atoms with Gasteiger partial charge in [0.1, 0.15) is 0 Å². The summed E-state index contributed by atoms with van der Waals surface area (Å²) in [6, 6.07) is 6.30. The lowest BCUT2D eigenvalue weighted by Crippen LogP contribution is -2.20. The summed E-state index contributed by atoms with van der Waals surface area (Å²) in [7, 11) is 0. The predicted octanol–water partition coefficient (Wildman–Crippen LogP) is 2.11. The maximum absolute atomic E-state index is 4.29. The Morgan fingerprint density at radius 3 is 2.81 bits per heavy atom. The van der Waals surface area contributed by atoms with E-state index in [1.54, 1.807) is 0 Å². The predicted molar refractivity (Wildman–Crippen MR) is 79.9 cm³/mol. The first-order chi connectivity index (χ1) is 10.4. The van der Waals surface area contributed by atoms with Crippen LogP contribution in [0.3, 0.4) is 0 Å². The number of imidazole rings is 1. The van der Waals surface area contributed by atoms with Gasteiger partial charge in [0.2, 0.25) is 5.78 Å². The van der Waals surface area contributed by atoms with Crippen LogP contribution in [0.4, 0.5) is 0 Å². The van der Waals surface area contributed by atoms with Gasteiger partial charge in [-0.1, -0.05) is 0 Å². The molecule has 0 radical (unpaired) electrons. The van der Waals surface area contributed by atoms with Crippen molar-refractivity contribution >= 4 is 5.78 Å². The highest BCUT2D eigenvalue weighted by molar-refractivity contribution is 5.31. The molecular formula is C16H17N5. The summed E-state index contributed by atoms with van der Waals surface area (Å²) in [5, 5.41) is 0. The Hall–Kier alpha value is -2.27. The molecule has 0 bridgehead atoms. The molecule has 0 aromatic carbocycles. The van der Waals surface area contributed by atoms with Crippen molar-refractivity contribution in [1.82, 2.24) is 24.3 Å². The van der Waals surface area contributed by atoms with Crippen molar-refractivity contribution in [2.75, 3.05) is 13.1 Å². The lowest BCUT2D eigenvalue weighted by Gasteiger charge is -2.16. The Balaban J connectivity index is 1.52. The van der Waals surface area contributed by atoms with E-state index >= 15 is 0 Å². The number of hydrogen-bond acceptors (Lipinski definition) is 4. The summed E-state index contributed by atoms with van der Waals surface area (Å²) in [4.78, 5) is 15.1. The van der Waals surface area contributed by atoms with Crippen LogP contribution in [-0.2, 0) is 6.54 Å². The highest BCUT2D eigenvalue weighted by Crippen LogP contribution is 2.28. The standard InChI is InChI=1S/C16H17N5/c1-5-17-6-2-13(1)11-20-9-4-14(12-20)15-3-7-18-16-19-8-10-21(15)16/h1-3,5-8,10,14H,4,9,11-12H2/t14-/m0/s1. The molecule has 0 unspecified atom stereocenters. The van der Waals surface area contributed by atoms with Gasteiger partial charge in [-0.25, -0.2) is 9.97 Å². The van der Waals surface area contributed by atoms with Crippen molar-refractivity contribution in [1.29, 1.82) is 0 Å². The molecule has 4 rings (SSSR count). The van der Waals surface area contributed by atoms with Crippen LogP contribution in [0.2, 0.25) is 0 Å². The van der Waals surface area contributed by atoms with E-state index in [4.69, 9.17) is 0 Å². The van der Waals surface area contributed by atoms with Gasteiger partial charge in [0.15, 0.2) is 0 Å². The van der Waals surface area contributed by atoms with Crippen LogP contribution in [0, 0.1) is 0 Å². The monoisotopic (exact) mass is 279 g/mol. The van der Waals surface area contributed by atoms with E-state index in [0.717, 1.165) is 25.4 Å². The highest BCUT2D eigenvalue weighted by Gasteiger charge is 2.25. The van der Waals surface area contributed by atoms with E-state index in [1.807, 2.05) is 31.0 Å². The fraction of sp³-hybridized carbons (Fsp3) is 0.312. The maximum atomic E-state index is 4.29. The van der Waals surface area contributed by atoms with E-state index in [2.05, 4.69) is 42.5 Å². The van der Waals surface area contributed by atoms with Crippen molar-refractivity contribution in [3.05, 3.63) is 60.4 Å². The first-order valence-corrected chi connectivity index (χ1v) is 7.29. The van der Waals surface area contributed by atoms with Gasteiger partial charge >= 0.3 is 0 Å². The fourth-order valence-corrected chi connectivity index (χ4v) is 3.15. The molecule has 21 heavy (non-hydrogen) atoms. The Kier molecular flexibility index (Phi) is 3.12. The summed E-state index contributed by atoms with van der Waals surface area (Å²) < 4.78 is 2.11.